The molecule has 0 saturated carbocycles. The number of hydrogen-bond acceptors (Lipinski definition) is 1. The predicted octanol–water partition coefficient (Wildman–Crippen LogP) is 1.72. The number of hydrogen-bond donors (Lipinski definition) is 0. The van der Waals surface area contributed by atoms with Crippen LogP contribution in [0.1, 0.15) is 0 Å². The Morgan fingerprint density at radius 3 is 1.80 bits per heavy atom. The summed E-state index contributed by atoms with van der Waals surface area (Å²) in [6.07, 6.45) is 0. The van der Waals surface area contributed by atoms with Gasteiger partial charge in [0.2, 0.25) is 0 Å². The molecule has 0 aliphatic rings. The van der Waals surface area contributed by atoms with Crippen LogP contribution in [0.3, 0.4) is 0 Å². The first kappa shape index (κ1) is 4.78. The molecular formula is CF2NP. The van der Waals surface area contributed by atoms with Gasteiger partial charge in [-0.05, 0) is 0 Å². The maximum atomic E-state index is 10.5. The van der Waals surface area contributed by atoms with Crippen molar-refractivity contribution >= 4 is 8.54 Å². The average molecular weight is 95.0 g/mol. The molecule has 0 aromatic rings. The van der Waals surface area contributed by atoms with Crippen LogP contribution in [-0.4, -0.2) is 0 Å². The molecule has 0 fully saturated rings. The molecule has 0 aliphatic carbocycles. The van der Waals surface area contributed by atoms with Crippen LogP contribution < -0.4 is 0 Å². The second-order valence-corrected chi connectivity index (χ2v) is 0.999. The quantitative estimate of drug-likeness (QED) is 0.420. The van der Waals surface area contributed by atoms with E-state index >= 15 is 0 Å². The van der Waals surface area contributed by atoms with Crippen molar-refractivity contribution < 1.29 is 8.39 Å². The predicted molar refractivity (Wildman–Crippen MR) is 14.7 cm³/mol. The molecule has 0 aliphatic heterocycles. The summed E-state index contributed by atoms with van der Waals surface area (Å²) in [5, 5.41) is 7.17. The molecule has 4 heteroatoms. The molecule has 0 N–H and O–H groups in total. The van der Waals surface area contributed by atoms with Gasteiger partial charge in [-0.25, -0.2) is 0 Å². The third kappa shape index (κ3) is 3.78. The molecule has 0 amide bonds. The van der Waals surface area contributed by atoms with Crippen LogP contribution in [-0.2, 0) is 0 Å². The third-order valence-electron chi connectivity index (χ3n) is 0.0756. The number of halogens is 2. The van der Waals surface area contributed by atoms with Crippen molar-refractivity contribution in [2.75, 3.05) is 0 Å². The van der Waals surface area contributed by atoms with Crippen molar-refractivity contribution in [1.29, 1.82) is 5.26 Å². The van der Waals surface area contributed by atoms with Gasteiger partial charge in [-0.15, -0.1) is 0 Å². The Bertz CT molecular complexity index is 55.2. The topological polar surface area (TPSA) is 23.8 Å². The van der Waals surface area contributed by atoms with Gasteiger partial charge in [0.25, 0.3) is 0 Å². The molecule has 5 heavy (non-hydrogen) atoms. The molecule has 0 radical (unpaired) electrons. The van der Waals surface area contributed by atoms with E-state index in [0.29, 0.717) is 0 Å². The van der Waals surface area contributed by atoms with Crippen molar-refractivity contribution in [1.82, 2.24) is 0 Å². The first-order valence-electron chi connectivity index (χ1n) is 0.785. The molecule has 0 aromatic heterocycles. The first-order chi connectivity index (χ1) is 2.27. The van der Waals surface area contributed by atoms with E-state index in [1.807, 2.05) is 0 Å². The Morgan fingerprint density at radius 1 is 1.60 bits per heavy atom. The van der Waals surface area contributed by atoms with E-state index in [0.717, 1.165) is 5.81 Å². The van der Waals surface area contributed by atoms with Crippen LogP contribution in [0.5, 0.6) is 0 Å². The van der Waals surface area contributed by atoms with Gasteiger partial charge >= 0.3 is 8.54 Å². The van der Waals surface area contributed by atoms with E-state index in [9.17, 15) is 8.39 Å². The zero-order chi connectivity index (χ0) is 4.28. The van der Waals surface area contributed by atoms with Gasteiger partial charge < -0.3 is 0 Å². The van der Waals surface area contributed by atoms with Gasteiger partial charge in [0, 0.05) is 0 Å². The van der Waals surface area contributed by atoms with Crippen molar-refractivity contribution in [2.45, 2.75) is 0 Å². The molecule has 0 rings (SSSR count). The van der Waals surface area contributed by atoms with E-state index in [1.54, 1.807) is 0 Å². The van der Waals surface area contributed by atoms with E-state index in [-0.39, 0.29) is 0 Å². The molecule has 0 heterocycles. The standard InChI is InChI=1S/CF2NP/c2-5(3)1-4. The molecule has 0 bridgehead atoms. The Morgan fingerprint density at radius 2 is 1.80 bits per heavy atom. The molecule has 0 aromatic carbocycles. The third-order valence-corrected chi connectivity index (χ3v) is 0.227. The number of nitrogens with zero attached hydrogens (tertiary/aromatic N) is 1. The number of rotatable bonds is 0. The summed E-state index contributed by atoms with van der Waals surface area (Å²) in [5.41, 5.74) is 0. The van der Waals surface area contributed by atoms with Crippen LogP contribution in [0.15, 0.2) is 0 Å². The average Bonchev–Trinajstić information content (AvgIpc) is 1.38. The Hall–Kier alpha value is -0.220. The SMILES string of the molecule is N#CP(F)F. The molecule has 1 nitrogen and oxygen atoms in total. The van der Waals surface area contributed by atoms with Crippen LogP contribution in [0.25, 0.3) is 0 Å². The first-order valence-corrected chi connectivity index (χ1v) is 1.91. The molecule has 28 valence electrons. The smallest absolute Gasteiger partial charge is 0.188 e. The Kier molecular flexibility index (Phi) is 1.95. The fourth-order valence-corrected chi connectivity index (χ4v) is 0. The summed E-state index contributed by atoms with van der Waals surface area (Å²) in [4.78, 5) is 0. The monoisotopic (exact) mass is 95.0 g/mol. The summed E-state index contributed by atoms with van der Waals surface area (Å²) in [7, 11) is -3.29. The summed E-state index contributed by atoms with van der Waals surface area (Å²) >= 11 is 0. The fourth-order valence-electron chi connectivity index (χ4n) is 0. The van der Waals surface area contributed by atoms with Crippen LogP contribution in [0, 0.1) is 11.1 Å². The van der Waals surface area contributed by atoms with E-state index in [2.05, 4.69) is 0 Å². The Balaban J connectivity index is 2.94. The molecule has 0 atom stereocenters. The summed E-state index contributed by atoms with van der Waals surface area (Å²) < 4.78 is 20.9. The summed E-state index contributed by atoms with van der Waals surface area (Å²) in [6.45, 7) is 0. The van der Waals surface area contributed by atoms with E-state index in [4.69, 9.17) is 5.26 Å². The molecular weight excluding hydrogens is 95.0 g/mol. The normalized spacial score (nSPS) is 7.60. The maximum Gasteiger partial charge on any atom is 0.371 e. The summed E-state index contributed by atoms with van der Waals surface area (Å²) in [5.74, 6) is 0.759. The van der Waals surface area contributed by atoms with E-state index in [1.165, 1.54) is 0 Å². The summed E-state index contributed by atoms with van der Waals surface area (Å²) in [6, 6.07) is 0. The highest BCUT2D eigenvalue weighted by Crippen LogP contribution is 2.35. The highest BCUT2D eigenvalue weighted by molar-refractivity contribution is 7.51. The second kappa shape index (κ2) is 2.04. The van der Waals surface area contributed by atoms with Crippen molar-refractivity contribution in [2.24, 2.45) is 0 Å². The molecule has 0 unspecified atom stereocenters. The van der Waals surface area contributed by atoms with Gasteiger partial charge in [-0.2, -0.15) is 13.7 Å². The highest BCUT2D eigenvalue weighted by Gasteiger charge is 1.94. The minimum absolute atomic E-state index is 0.759. The van der Waals surface area contributed by atoms with E-state index < -0.39 is 8.54 Å². The lowest BCUT2D eigenvalue weighted by atomic mass is 11.8. The van der Waals surface area contributed by atoms with Crippen LogP contribution in [0.4, 0.5) is 8.39 Å². The maximum absolute atomic E-state index is 10.5. The minimum Gasteiger partial charge on any atom is -0.188 e. The van der Waals surface area contributed by atoms with Gasteiger partial charge in [0.1, 0.15) is 0 Å². The van der Waals surface area contributed by atoms with Crippen LogP contribution >= 0.6 is 8.54 Å². The van der Waals surface area contributed by atoms with Crippen molar-refractivity contribution in [3.8, 4) is 5.81 Å². The van der Waals surface area contributed by atoms with Gasteiger partial charge in [-0.3, -0.25) is 0 Å². The molecule has 0 spiro atoms. The van der Waals surface area contributed by atoms with Gasteiger partial charge in [0.15, 0.2) is 5.81 Å². The Labute approximate surface area is 29.2 Å². The minimum atomic E-state index is -3.29. The van der Waals surface area contributed by atoms with Crippen molar-refractivity contribution in [3.05, 3.63) is 0 Å². The van der Waals surface area contributed by atoms with Gasteiger partial charge in [-0.1, -0.05) is 0 Å². The largest absolute Gasteiger partial charge is 0.371 e. The molecule has 0 saturated heterocycles. The van der Waals surface area contributed by atoms with Crippen LogP contribution in [0.2, 0.25) is 0 Å². The number of nitriles is 1. The zero-order valence-corrected chi connectivity index (χ0v) is 3.04. The highest BCUT2D eigenvalue weighted by atomic mass is 31.2. The fraction of sp³-hybridized carbons (Fsp3) is 0. The lowest BCUT2D eigenvalue weighted by Gasteiger charge is -1.63. The zero-order valence-electron chi connectivity index (χ0n) is 2.15. The second-order valence-electron chi connectivity index (χ2n) is 0.333. The lowest BCUT2D eigenvalue weighted by Crippen LogP contribution is -1.28. The van der Waals surface area contributed by atoms with Gasteiger partial charge in [0.05, 0.1) is 0 Å². The van der Waals surface area contributed by atoms with Crippen molar-refractivity contribution in [3.63, 3.8) is 0 Å². The lowest BCUT2D eigenvalue weighted by molar-refractivity contribution is 0.764.